The summed E-state index contributed by atoms with van der Waals surface area (Å²) in [6, 6.07) is 9.94. The van der Waals surface area contributed by atoms with Gasteiger partial charge in [-0.2, -0.15) is 0 Å². The number of fused-ring (bicyclic) bond motifs is 1. The monoisotopic (exact) mass is 436 g/mol. The lowest BCUT2D eigenvalue weighted by Crippen LogP contribution is -2.52. The summed E-state index contributed by atoms with van der Waals surface area (Å²) in [5.74, 6) is 3.30. The van der Waals surface area contributed by atoms with Crippen LogP contribution in [0.15, 0.2) is 34.7 Å². The zero-order valence-corrected chi connectivity index (χ0v) is 19.0. The number of carbonyl (C=O) groups excluding carboxylic acids is 2. The minimum absolute atomic E-state index is 0.0291. The molecule has 6 nitrogen and oxygen atoms in total. The van der Waals surface area contributed by atoms with Crippen LogP contribution in [0.1, 0.15) is 71.9 Å². The largest absolute Gasteiger partial charge is 0.487 e. The topological polar surface area (TPSA) is 71.8 Å². The van der Waals surface area contributed by atoms with Crippen LogP contribution in [-0.4, -0.2) is 41.9 Å². The van der Waals surface area contributed by atoms with Crippen LogP contribution < -0.4 is 10.1 Å². The van der Waals surface area contributed by atoms with E-state index < -0.39 is 0 Å². The Balaban J connectivity index is 1.28. The van der Waals surface area contributed by atoms with E-state index in [1.807, 2.05) is 43.0 Å². The van der Waals surface area contributed by atoms with Crippen LogP contribution in [0.3, 0.4) is 0 Å². The predicted molar refractivity (Wildman–Crippen MR) is 121 cm³/mol. The Labute approximate surface area is 189 Å². The molecular formula is C26H32N2O4. The molecule has 1 aromatic heterocycles. The van der Waals surface area contributed by atoms with Gasteiger partial charge in [-0.15, -0.1) is 0 Å². The van der Waals surface area contributed by atoms with Crippen molar-refractivity contribution >= 4 is 11.8 Å². The van der Waals surface area contributed by atoms with E-state index in [2.05, 4.69) is 11.4 Å². The second-order valence-corrected chi connectivity index (χ2v) is 9.79. The maximum Gasteiger partial charge on any atom is 0.257 e. The number of carbonyl (C=O) groups is 2. The molecule has 1 N–H and O–H groups in total. The third-order valence-corrected chi connectivity index (χ3v) is 7.25. The van der Waals surface area contributed by atoms with Gasteiger partial charge in [0.25, 0.3) is 5.91 Å². The van der Waals surface area contributed by atoms with Gasteiger partial charge in [0.1, 0.15) is 22.9 Å². The zero-order chi connectivity index (χ0) is 22.3. The zero-order valence-electron chi connectivity index (χ0n) is 19.0. The van der Waals surface area contributed by atoms with E-state index in [4.69, 9.17) is 9.15 Å². The molecule has 1 saturated carbocycles. The molecule has 6 heteroatoms. The highest BCUT2D eigenvalue weighted by molar-refractivity contribution is 5.95. The number of amides is 2. The van der Waals surface area contributed by atoms with Gasteiger partial charge in [-0.1, -0.05) is 18.2 Å². The van der Waals surface area contributed by atoms with Crippen molar-refractivity contribution in [2.24, 2.45) is 5.92 Å². The molecule has 3 heterocycles. The first-order valence-electron chi connectivity index (χ1n) is 11.8. The maximum atomic E-state index is 13.0. The Hall–Kier alpha value is -2.76. The summed E-state index contributed by atoms with van der Waals surface area (Å²) in [5.41, 5.74) is 1.45. The molecule has 1 saturated heterocycles. The van der Waals surface area contributed by atoms with E-state index in [0.29, 0.717) is 36.8 Å². The number of nitrogens with zero attached hydrogens (tertiary/aromatic N) is 1. The van der Waals surface area contributed by atoms with Gasteiger partial charge in [-0.3, -0.25) is 9.59 Å². The van der Waals surface area contributed by atoms with Crippen LogP contribution in [0.25, 0.3) is 0 Å². The van der Waals surface area contributed by atoms with Gasteiger partial charge in [-0.05, 0) is 56.7 Å². The molecule has 0 bridgehead atoms. The third-order valence-electron chi connectivity index (χ3n) is 7.25. The van der Waals surface area contributed by atoms with Crippen LogP contribution in [0.5, 0.6) is 5.75 Å². The van der Waals surface area contributed by atoms with E-state index in [1.54, 1.807) is 0 Å². The molecule has 1 aromatic carbocycles. The van der Waals surface area contributed by atoms with Crippen molar-refractivity contribution in [3.8, 4) is 5.75 Å². The first-order valence-corrected chi connectivity index (χ1v) is 11.8. The summed E-state index contributed by atoms with van der Waals surface area (Å²) >= 11 is 0. The highest BCUT2D eigenvalue weighted by Gasteiger charge is 2.44. The van der Waals surface area contributed by atoms with Crippen LogP contribution in [0, 0.1) is 19.8 Å². The number of hydrogen-bond acceptors (Lipinski definition) is 4. The average molecular weight is 437 g/mol. The summed E-state index contributed by atoms with van der Waals surface area (Å²) in [5, 5.41) is 3.12. The Morgan fingerprint density at radius 2 is 1.91 bits per heavy atom. The minimum atomic E-state index is -0.325. The maximum absolute atomic E-state index is 13.0. The fourth-order valence-corrected chi connectivity index (χ4v) is 5.24. The van der Waals surface area contributed by atoms with Crippen LogP contribution >= 0.6 is 0 Å². The number of furan rings is 1. The fourth-order valence-electron chi connectivity index (χ4n) is 5.24. The molecule has 170 valence electrons. The van der Waals surface area contributed by atoms with E-state index in [-0.39, 0.29) is 23.3 Å². The lowest BCUT2D eigenvalue weighted by atomic mass is 9.76. The van der Waals surface area contributed by atoms with Gasteiger partial charge in [0, 0.05) is 44.8 Å². The quantitative estimate of drug-likeness (QED) is 0.756. The van der Waals surface area contributed by atoms with Gasteiger partial charge in [0.15, 0.2) is 0 Å². The third kappa shape index (κ3) is 4.27. The second kappa shape index (κ2) is 8.30. The highest BCUT2D eigenvalue weighted by Crippen LogP contribution is 2.46. The van der Waals surface area contributed by atoms with Gasteiger partial charge < -0.3 is 19.4 Å². The van der Waals surface area contributed by atoms with Crippen molar-refractivity contribution in [3.63, 3.8) is 0 Å². The van der Waals surface area contributed by atoms with Crippen molar-refractivity contribution in [1.29, 1.82) is 0 Å². The standard InChI is InChI=1S/C26H32N2O4/c1-17-13-22(18(2)31-17)25(30)28-11-9-26(10-12-28)15-20(14-24(29)27-16-19-7-8-19)21-5-3-4-6-23(21)32-26/h3-6,13,19-20H,7-12,14-16H2,1-2H3,(H,27,29). The molecule has 1 atom stereocenters. The molecule has 0 radical (unpaired) electrons. The molecule has 1 spiro atoms. The SMILES string of the molecule is Cc1cc(C(=O)N2CCC3(CC2)CC(CC(=O)NCC2CC2)c2ccccc2O3)c(C)o1. The number of para-hydroxylation sites is 1. The van der Waals surface area contributed by atoms with Crippen LogP contribution in [0.2, 0.25) is 0 Å². The van der Waals surface area contributed by atoms with E-state index in [1.165, 1.54) is 12.8 Å². The van der Waals surface area contributed by atoms with E-state index in [0.717, 1.165) is 42.9 Å². The number of piperidine rings is 1. The number of benzene rings is 1. The van der Waals surface area contributed by atoms with Crippen LogP contribution in [-0.2, 0) is 4.79 Å². The van der Waals surface area contributed by atoms with Crippen molar-refractivity contribution in [1.82, 2.24) is 10.2 Å². The summed E-state index contributed by atoms with van der Waals surface area (Å²) in [6.07, 6.45) is 5.30. The van der Waals surface area contributed by atoms with Gasteiger partial charge >= 0.3 is 0 Å². The molecule has 32 heavy (non-hydrogen) atoms. The number of rotatable bonds is 5. The van der Waals surface area contributed by atoms with Gasteiger partial charge in [0.2, 0.25) is 5.91 Å². The highest BCUT2D eigenvalue weighted by atomic mass is 16.5. The normalized spacial score (nSPS) is 21.7. The van der Waals surface area contributed by atoms with E-state index in [9.17, 15) is 9.59 Å². The van der Waals surface area contributed by atoms with Gasteiger partial charge in [-0.25, -0.2) is 0 Å². The Morgan fingerprint density at radius 1 is 1.16 bits per heavy atom. The van der Waals surface area contributed by atoms with Crippen molar-refractivity contribution < 1.29 is 18.7 Å². The fraction of sp³-hybridized carbons (Fsp3) is 0.538. The number of ether oxygens (including phenoxy) is 1. The number of likely N-dealkylation sites (tertiary alicyclic amines) is 1. The van der Waals surface area contributed by atoms with E-state index >= 15 is 0 Å². The first kappa shape index (κ1) is 21.1. The lowest BCUT2D eigenvalue weighted by molar-refractivity contribution is -0.122. The molecular weight excluding hydrogens is 404 g/mol. The molecule has 1 aliphatic carbocycles. The first-order chi connectivity index (χ1) is 15.4. The Kier molecular flexibility index (Phi) is 5.48. The molecule has 2 aromatic rings. The second-order valence-electron chi connectivity index (χ2n) is 9.79. The lowest BCUT2D eigenvalue weighted by Gasteiger charge is -2.47. The smallest absolute Gasteiger partial charge is 0.257 e. The summed E-state index contributed by atoms with van der Waals surface area (Å²) in [6.45, 7) is 5.80. The van der Waals surface area contributed by atoms with Crippen LogP contribution in [0.4, 0.5) is 0 Å². The number of aryl methyl sites for hydroxylation is 2. The van der Waals surface area contributed by atoms with Gasteiger partial charge in [0.05, 0.1) is 5.56 Å². The summed E-state index contributed by atoms with van der Waals surface area (Å²) < 4.78 is 12.1. The molecule has 2 fully saturated rings. The summed E-state index contributed by atoms with van der Waals surface area (Å²) in [7, 11) is 0. The summed E-state index contributed by atoms with van der Waals surface area (Å²) in [4.78, 5) is 27.6. The molecule has 3 aliphatic rings. The van der Waals surface area contributed by atoms with Crippen molar-refractivity contribution in [2.75, 3.05) is 19.6 Å². The average Bonchev–Trinajstić information content (AvgIpc) is 3.54. The molecule has 2 amide bonds. The molecule has 5 rings (SSSR count). The Bertz CT molecular complexity index is 1010. The Morgan fingerprint density at radius 3 is 2.59 bits per heavy atom. The minimum Gasteiger partial charge on any atom is -0.487 e. The number of hydrogen-bond donors (Lipinski definition) is 1. The number of nitrogens with one attached hydrogen (secondary N) is 1. The molecule has 1 unspecified atom stereocenters. The molecule has 2 aliphatic heterocycles. The van der Waals surface area contributed by atoms with Crippen molar-refractivity contribution in [3.05, 3.63) is 53.0 Å². The predicted octanol–water partition coefficient (Wildman–Crippen LogP) is 4.35. The van der Waals surface area contributed by atoms with Crippen molar-refractivity contribution in [2.45, 2.75) is 63.9 Å².